The number of hydrogen-bond donors (Lipinski definition) is 2. The molecule has 1 aliphatic rings. The van der Waals surface area contributed by atoms with Crippen LogP contribution in [0.2, 0.25) is 0 Å². The molecular weight excluding hydrogens is 257 g/mol. The van der Waals surface area contributed by atoms with Crippen LogP contribution in [0.5, 0.6) is 0 Å². The molecule has 1 aromatic rings. The maximum Gasteiger partial charge on any atom is 0.224 e. The van der Waals surface area contributed by atoms with E-state index in [0.29, 0.717) is 18.7 Å². The Kier molecular flexibility index (Phi) is 4.42. The average molecular weight is 272 g/mol. The first-order valence-corrected chi connectivity index (χ1v) is 6.20. The Morgan fingerprint density at radius 3 is 2.58 bits per heavy atom. The van der Waals surface area contributed by atoms with Crippen molar-refractivity contribution in [3.8, 4) is 0 Å². The molecule has 0 saturated carbocycles. The molecule has 0 aliphatic carbocycles. The second-order valence-electron chi connectivity index (χ2n) is 4.61. The van der Waals surface area contributed by atoms with Crippen molar-refractivity contribution in [2.45, 2.75) is 19.4 Å². The molecule has 6 heteroatoms. The highest BCUT2D eigenvalue weighted by atomic mass is 19.1. The van der Waals surface area contributed by atoms with Gasteiger partial charge in [0.25, 0.3) is 0 Å². The average Bonchev–Trinajstić information content (AvgIpc) is 2.38. The first-order valence-electron chi connectivity index (χ1n) is 6.20. The molecule has 0 bridgehead atoms. The minimum Gasteiger partial charge on any atom is -0.352 e. The van der Waals surface area contributed by atoms with Crippen LogP contribution in [0.15, 0.2) is 12.1 Å². The SMILES string of the molecule is O=C(NCc1c(F)cc(F)cc1F)C1CCCNC1. The van der Waals surface area contributed by atoms with Gasteiger partial charge in [-0.15, -0.1) is 0 Å². The van der Waals surface area contributed by atoms with Gasteiger partial charge in [-0.25, -0.2) is 13.2 Å². The molecule has 1 aliphatic heterocycles. The lowest BCUT2D eigenvalue weighted by molar-refractivity contribution is -0.125. The van der Waals surface area contributed by atoms with Gasteiger partial charge in [0.2, 0.25) is 5.91 Å². The minimum atomic E-state index is -0.987. The summed E-state index contributed by atoms with van der Waals surface area (Å²) < 4.78 is 39.4. The van der Waals surface area contributed by atoms with Crippen LogP contribution in [-0.4, -0.2) is 19.0 Å². The monoisotopic (exact) mass is 272 g/mol. The lowest BCUT2D eigenvalue weighted by Gasteiger charge is -2.22. The first-order chi connectivity index (χ1) is 9.08. The first kappa shape index (κ1) is 13.9. The van der Waals surface area contributed by atoms with Crippen molar-refractivity contribution in [3.63, 3.8) is 0 Å². The fourth-order valence-electron chi connectivity index (χ4n) is 2.14. The van der Waals surface area contributed by atoms with E-state index >= 15 is 0 Å². The molecule has 2 rings (SSSR count). The van der Waals surface area contributed by atoms with Crippen LogP contribution in [-0.2, 0) is 11.3 Å². The molecule has 104 valence electrons. The van der Waals surface area contributed by atoms with Crippen LogP contribution >= 0.6 is 0 Å². The molecule has 0 spiro atoms. The highest BCUT2D eigenvalue weighted by molar-refractivity contribution is 5.78. The van der Waals surface area contributed by atoms with Gasteiger partial charge in [0.05, 0.1) is 5.92 Å². The van der Waals surface area contributed by atoms with E-state index in [-0.39, 0.29) is 23.9 Å². The molecule has 3 nitrogen and oxygen atoms in total. The summed E-state index contributed by atoms with van der Waals surface area (Å²) in [5, 5.41) is 5.57. The number of piperidine rings is 1. The maximum absolute atomic E-state index is 13.4. The standard InChI is InChI=1S/C13H15F3N2O/c14-9-4-11(15)10(12(16)5-9)7-18-13(19)8-2-1-3-17-6-8/h4-5,8,17H,1-3,6-7H2,(H,18,19). The lowest BCUT2D eigenvalue weighted by atomic mass is 9.99. The Hall–Kier alpha value is -1.56. The molecule has 19 heavy (non-hydrogen) atoms. The minimum absolute atomic E-state index is 0.180. The number of carbonyl (C=O) groups is 1. The summed E-state index contributed by atoms with van der Waals surface area (Å²) in [6, 6.07) is 1.21. The van der Waals surface area contributed by atoms with Crippen molar-refractivity contribution in [3.05, 3.63) is 35.1 Å². The summed E-state index contributed by atoms with van der Waals surface area (Å²) in [6.45, 7) is 1.18. The van der Waals surface area contributed by atoms with Gasteiger partial charge in [-0.1, -0.05) is 0 Å². The van der Waals surface area contributed by atoms with E-state index in [9.17, 15) is 18.0 Å². The van der Waals surface area contributed by atoms with Gasteiger partial charge >= 0.3 is 0 Å². The number of carbonyl (C=O) groups excluding carboxylic acids is 1. The van der Waals surface area contributed by atoms with Crippen LogP contribution in [0.3, 0.4) is 0 Å². The number of amides is 1. The van der Waals surface area contributed by atoms with E-state index in [1.54, 1.807) is 0 Å². The molecule has 0 radical (unpaired) electrons. The number of benzene rings is 1. The quantitative estimate of drug-likeness (QED) is 0.879. The van der Waals surface area contributed by atoms with E-state index < -0.39 is 17.5 Å². The highest BCUT2D eigenvalue weighted by Crippen LogP contribution is 2.15. The third kappa shape index (κ3) is 3.47. The van der Waals surface area contributed by atoms with Crippen molar-refractivity contribution in [2.24, 2.45) is 5.92 Å². The summed E-state index contributed by atoms with van der Waals surface area (Å²) in [5.74, 6) is -3.36. The summed E-state index contributed by atoms with van der Waals surface area (Å²) in [5.41, 5.74) is -0.321. The Morgan fingerprint density at radius 2 is 2.00 bits per heavy atom. The largest absolute Gasteiger partial charge is 0.352 e. The van der Waals surface area contributed by atoms with Crippen molar-refractivity contribution < 1.29 is 18.0 Å². The molecule has 1 amide bonds. The Labute approximate surface area is 109 Å². The fraction of sp³-hybridized carbons (Fsp3) is 0.462. The Balaban J connectivity index is 1.96. The van der Waals surface area contributed by atoms with Crippen molar-refractivity contribution in [2.75, 3.05) is 13.1 Å². The van der Waals surface area contributed by atoms with Crippen molar-refractivity contribution in [1.29, 1.82) is 0 Å². The third-order valence-electron chi connectivity index (χ3n) is 3.21. The Morgan fingerprint density at radius 1 is 1.32 bits per heavy atom. The zero-order chi connectivity index (χ0) is 13.8. The van der Waals surface area contributed by atoms with Gasteiger partial charge in [-0.3, -0.25) is 4.79 Å². The van der Waals surface area contributed by atoms with Gasteiger partial charge in [-0.2, -0.15) is 0 Å². The van der Waals surface area contributed by atoms with E-state index in [0.717, 1.165) is 19.4 Å². The molecule has 1 aromatic carbocycles. The fourth-order valence-corrected chi connectivity index (χ4v) is 2.14. The number of nitrogens with one attached hydrogen (secondary N) is 2. The van der Waals surface area contributed by atoms with Gasteiger partial charge in [-0.05, 0) is 19.4 Å². The molecule has 1 fully saturated rings. The topological polar surface area (TPSA) is 41.1 Å². The predicted octanol–water partition coefficient (Wildman–Crippen LogP) is 1.72. The molecule has 1 atom stereocenters. The number of hydrogen-bond acceptors (Lipinski definition) is 2. The summed E-state index contributed by atoms with van der Waals surface area (Å²) in [4.78, 5) is 11.8. The smallest absolute Gasteiger partial charge is 0.224 e. The lowest BCUT2D eigenvalue weighted by Crippen LogP contribution is -2.40. The second-order valence-corrected chi connectivity index (χ2v) is 4.61. The molecule has 2 N–H and O–H groups in total. The van der Waals surface area contributed by atoms with Crippen molar-refractivity contribution in [1.82, 2.24) is 10.6 Å². The van der Waals surface area contributed by atoms with Crippen LogP contribution < -0.4 is 10.6 Å². The predicted molar refractivity (Wildman–Crippen MR) is 63.8 cm³/mol. The van der Waals surface area contributed by atoms with Crippen LogP contribution in [0.25, 0.3) is 0 Å². The molecule has 1 heterocycles. The molecule has 1 unspecified atom stereocenters. The van der Waals surface area contributed by atoms with E-state index in [1.165, 1.54) is 0 Å². The normalized spacial score (nSPS) is 19.2. The maximum atomic E-state index is 13.4. The van der Waals surface area contributed by atoms with Gasteiger partial charge in [0.1, 0.15) is 17.5 Å². The van der Waals surface area contributed by atoms with Gasteiger partial charge in [0, 0.05) is 30.8 Å². The highest BCUT2D eigenvalue weighted by Gasteiger charge is 2.21. The van der Waals surface area contributed by atoms with E-state index in [4.69, 9.17) is 0 Å². The van der Waals surface area contributed by atoms with Gasteiger partial charge < -0.3 is 10.6 Å². The zero-order valence-corrected chi connectivity index (χ0v) is 10.3. The summed E-state index contributed by atoms with van der Waals surface area (Å²) in [7, 11) is 0. The zero-order valence-electron chi connectivity index (χ0n) is 10.3. The molecule has 1 saturated heterocycles. The van der Waals surface area contributed by atoms with Crippen LogP contribution in [0.4, 0.5) is 13.2 Å². The number of rotatable bonds is 3. The summed E-state index contributed by atoms with van der Waals surface area (Å²) in [6.07, 6.45) is 1.66. The molecule has 0 aromatic heterocycles. The molecular formula is C13H15F3N2O. The number of halogens is 3. The third-order valence-corrected chi connectivity index (χ3v) is 3.21. The van der Waals surface area contributed by atoms with Crippen molar-refractivity contribution >= 4 is 5.91 Å². The van der Waals surface area contributed by atoms with Crippen LogP contribution in [0, 0.1) is 23.4 Å². The summed E-state index contributed by atoms with van der Waals surface area (Å²) >= 11 is 0. The van der Waals surface area contributed by atoms with Crippen LogP contribution in [0.1, 0.15) is 18.4 Å². The second kappa shape index (κ2) is 6.06. The van der Waals surface area contributed by atoms with Gasteiger partial charge in [0.15, 0.2) is 0 Å². The Bertz CT molecular complexity index is 450. The van der Waals surface area contributed by atoms with E-state index in [2.05, 4.69) is 10.6 Å². The van der Waals surface area contributed by atoms with E-state index in [1.807, 2.05) is 0 Å².